The summed E-state index contributed by atoms with van der Waals surface area (Å²) in [5.74, 6) is -0.958. The van der Waals surface area contributed by atoms with Crippen molar-refractivity contribution in [2.45, 2.75) is 6.54 Å². The van der Waals surface area contributed by atoms with Gasteiger partial charge in [-0.2, -0.15) is 0 Å². The lowest BCUT2D eigenvalue weighted by Gasteiger charge is -2.14. The largest absolute Gasteiger partial charge is 0.465 e. The lowest BCUT2D eigenvalue weighted by Crippen LogP contribution is -3.08. The van der Waals surface area contributed by atoms with Crippen LogP contribution in [0.5, 0.6) is 0 Å². The van der Waals surface area contributed by atoms with Crippen molar-refractivity contribution < 1.29 is 23.6 Å². The van der Waals surface area contributed by atoms with E-state index in [2.05, 4.69) is 10.1 Å². The van der Waals surface area contributed by atoms with Gasteiger partial charge in [0.25, 0.3) is 5.91 Å². The minimum absolute atomic E-state index is 0.190. The summed E-state index contributed by atoms with van der Waals surface area (Å²) >= 11 is 0. The fourth-order valence-corrected chi connectivity index (χ4v) is 2.33. The minimum atomic E-state index is -0.390. The van der Waals surface area contributed by atoms with Gasteiger partial charge in [-0.1, -0.05) is 18.2 Å². The van der Waals surface area contributed by atoms with Crippen molar-refractivity contribution in [3.63, 3.8) is 0 Å². The summed E-state index contributed by atoms with van der Waals surface area (Å²) < 4.78 is 17.7. The maximum Gasteiger partial charge on any atom is 0.337 e. The highest BCUT2D eigenvalue weighted by Gasteiger charge is 2.12. The monoisotopic (exact) mass is 331 g/mol. The van der Waals surface area contributed by atoms with E-state index in [9.17, 15) is 14.0 Å². The average molecular weight is 331 g/mol. The maximum atomic E-state index is 13.1. The molecule has 0 aromatic heterocycles. The van der Waals surface area contributed by atoms with E-state index in [1.165, 1.54) is 19.2 Å². The molecule has 2 N–H and O–H groups in total. The maximum absolute atomic E-state index is 13.1. The SMILES string of the molecule is COC(=O)c1ccc(C[NH+](C)CC(=O)Nc2cccc(F)c2)cc1. The molecule has 0 saturated carbocycles. The van der Waals surface area contributed by atoms with Crippen LogP contribution in [0.15, 0.2) is 48.5 Å². The van der Waals surface area contributed by atoms with Crippen LogP contribution < -0.4 is 10.2 Å². The second-order valence-electron chi connectivity index (χ2n) is 5.56. The molecule has 1 atom stereocenters. The van der Waals surface area contributed by atoms with Gasteiger partial charge in [-0.3, -0.25) is 4.79 Å². The highest BCUT2D eigenvalue weighted by atomic mass is 19.1. The molecule has 0 fully saturated rings. The number of hydrogen-bond donors (Lipinski definition) is 2. The molecule has 0 bridgehead atoms. The first-order valence-electron chi connectivity index (χ1n) is 7.52. The summed E-state index contributed by atoms with van der Waals surface area (Å²) in [7, 11) is 3.23. The lowest BCUT2D eigenvalue weighted by atomic mass is 10.1. The Morgan fingerprint density at radius 3 is 2.50 bits per heavy atom. The predicted octanol–water partition coefficient (Wildman–Crippen LogP) is 1.27. The van der Waals surface area contributed by atoms with Crippen LogP contribution in [0, 0.1) is 5.82 Å². The van der Waals surface area contributed by atoms with Crippen LogP contribution in [0.1, 0.15) is 15.9 Å². The van der Waals surface area contributed by atoms with Crippen LogP contribution in [0.4, 0.5) is 10.1 Å². The molecule has 2 aromatic rings. The summed E-state index contributed by atoms with van der Waals surface area (Å²) in [4.78, 5) is 24.3. The number of hydrogen-bond acceptors (Lipinski definition) is 3. The first-order chi connectivity index (χ1) is 11.5. The fourth-order valence-electron chi connectivity index (χ4n) is 2.33. The molecule has 0 saturated heterocycles. The number of quaternary nitrogens is 1. The number of nitrogens with one attached hydrogen (secondary N) is 2. The smallest absolute Gasteiger partial charge is 0.337 e. The second kappa shape index (κ2) is 8.21. The van der Waals surface area contributed by atoms with E-state index in [0.717, 1.165) is 10.5 Å². The summed E-state index contributed by atoms with van der Waals surface area (Å²) in [6.07, 6.45) is 0. The van der Waals surface area contributed by atoms with Crippen molar-refractivity contribution >= 4 is 17.6 Å². The Bertz CT molecular complexity index is 716. The van der Waals surface area contributed by atoms with Crippen LogP contribution in [0.2, 0.25) is 0 Å². The Morgan fingerprint density at radius 1 is 1.17 bits per heavy atom. The number of ether oxygens (including phenoxy) is 1. The number of halogens is 1. The van der Waals surface area contributed by atoms with Gasteiger partial charge in [0, 0.05) is 11.3 Å². The third kappa shape index (κ3) is 5.17. The Labute approximate surface area is 140 Å². The van der Waals surface area contributed by atoms with E-state index in [0.29, 0.717) is 17.8 Å². The molecule has 5 nitrogen and oxygen atoms in total. The molecule has 0 spiro atoms. The van der Waals surface area contributed by atoms with Gasteiger partial charge in [-0.25, -0.2) is 9.18 Å². The van der Waals surface area contributed by atoms with E-state index in [1.54, 1.807) is 24.3 Å². The molecule has 0 heterocycles. The van der Waals surface area contributed by atoms with Gasteiger partial charge in [-0.05, 0) is 30.3 Å². The molecule has 2 rings (SSSR count). The van der Waals surface area contributed by atoms with Crippen molar-refractivity contribution in [2.24, 2.45) is 0 Å². The Morgan fingerprint density at radius 2 is 1.88 bits per heavy atom. The number of carbonyl (C=O) groups excluding carboxylic acids is 2. The minimum Gasteiger partial charge on any atom is -0.465 e. The van der Waals surface area contributed by atoms with Crippen molar-refractivity contribution in [3.05, 3.63) is 65.5 Å². The number of benzene rings is 2. The molecule has 1 unspecified atom stereocenters. The zero-order chi connectivity index (χ0) is 17.5. The van der Waals surface area contributed by atoms with Gasteiger partial charge >= 0.3 is 5.97 Å². The van der Waals surface area contributed by atoms with Crippen molar-refractivity contribution in [1.29, 1.82) is 0 Å². The topological polar surface area (TPSA) is 59.8 Å². The van der Waals surface area contributed by atoms with Crippen LogP contribution in [-0.4, -0.2) is 32.6 Å². The first kappa shape index (κ1) is 17.6. The van der Waals surface area contributed by atoms with Crippen LogP contribution in [-0.2, 0) is 16.1 Å². The Balaban J connectivity index is 1.87. The summed E-state index contributed by atoms with van der Waals surface area (Å²) in [6, 6.07) is 12.8. The molecule has 0 aliphatic carbocycles. The third-order valence-corrected chi connectivity index (χ3v) is 3.45. The standard InChI is InChI=1S/C18H19FN2O3/c1-21(11-13-6-8-14(9-7-13)18(23)24-2)12-17(22)20-16-5-3-4-15(19)10-16/h3-10H,11-12H2,1-2H3,(H,20,22)/p+1. The quantitative estimate of drug-likeness (QED) is 0.784. The summed E-state index contributed by atoms with van der Waals surface area (Å²) in [5.41, 5.74) is 1.93. The molecule has 6 heteroatoms. The second-order valence-corrected chi connectivity index (χ2v) is 5.56. The van der Waals surface area contributed by atoms with Gasteiger partial charge in [0.1, 0.15) is 12.4 Å². The molecule has 24 heavy (non-hydrogen) atoms. The number of amides is 1. The molecular weight excluding hydrogens is 311 g/mol. The fraction of sp³-hybridized carbons (Fsp3) is 0.222. The number of carbonyl (C=O) groups is 2. The van der Waals surface area contributed by atoms with Crippen molar-refractivity contribution in [2.75, 3.05) is 26.0 Å². The van der Waals surface area contributed by atoms with E-state index in [-0.39, 0.29) is 24.2 Å². The zero-order valence-corrected chi connectivity index (χ0v) is 13.6. The highest BCUT2D eigenvalue weighted by Crippen LogP contribution is 2.08. The summed E-state index contributed by atoms with van der Waals surface area (Å²) in [6.45, 7) is 0.868. The number of likely N-dealkylation sites (N-methyl/N-ethyl adjacent to an activating group) is 1. The molecule has 1 amide bonds. The average Bonchev–Trinajstić information content (AvgIpc) is 2.54. The molecule has 2 aromatic carbocycles. The summed E-state index contributed by atoms with van der Waals surface area (Å²) in [5, 5.41) is 2.67. The van der Waals surface area contributed by atoms with Crippen LogP contribution in [0.25, 0.3) is 0 Å². The van der Waals surface area contributed by atoms with Gasteiger partial charge in [0.05, 0.1) is 19.7 Å². The Kier molecular flexibility index (Phi) is 6.03. The van der Waals surface area contributed by atoms with Gasteiger partial charge < -0.3 is 15.0 Å². The zero-order valence-electron chi connectivity index (χ0n) is 13.6. The first-order valence-corrected chi connectivity index (χ1v) is 7.52. The van der Waals surface area contributed by atoms with Crippen molar-refractivity contribution in [3.8, 4) is 0 Å². The van der Waals surface area contributed by atoms with Crippen LogP contribution >= 0.6 is 0 Å². The number of methoxy groups -OCH3 is 1. The lowest BCUT2D eigenvalue weighted by molar-refractivity contribution is -0.885. The van der Waals surface area contributed by atoms with Gasteiger partial charge in [0.2, 0.25) is 0 Å². The van der Waals surface area contributed by atoms with E-state index in [1.807, 2.05) is 19.2 Å². The molecule has 0 radical (unpaired) electrons. The van der Waals surface area contributed by atoms with Crippen LogP contribution in [0.3, 0.4) is 0 Å². The molecule has 0 aliphatic heterocycles. The van der Waals surface area contributed by atoms with Gasteiger partial charge in [0.15, 0.2) is 6.54 Å². The van der Waals surface area contributed by atoms with E-state index < -0.39 is 0 Å². The number of anilines is 1. The highest BCUT2D eigenvalue weighted by molar-refractivity contribution is 5.91. The third-order valence-electron chi connectivity index (χ3n) is 3.45. The molecule has 126 valence electrons. The predicted molar refractivity (Wildman–Crippen MR) is 88.3 cm³/mol. The number of rotatable bonds is 6. The normalized spacial score (nSPS) is 11.6. The number of esters is 1. The molecule has 0 aliphatic rings. The Hall–Kier alpha value is -2.73. The van der Waals surface area contributed by atoms with Gasteiger partial charge in [-0.15, -0.1) is 0 Å². The van der Waals surface area contributed by atoms with E-state index in [4.69, 9.17) is 0 Å². The molecular formula is C18H20FN2O3+. The van der Waals surface area contributed by atoms with E-state index >= 15 is 0 Å². The van der Waals surface area contributed by atoms with Crippen molar-refractivity contribution in [1.82, 2.24) is 0 Å².